The Kier molecular flexibility index (Phi) is 4.36. The summed E-state index contributed by atoms with van der Waals surface area (Å²) in [4.78, 5) is 3.10. The molecule has 1 aromatic carbocycles. The Hall–Kier alpha value is -1.44. The highest BCUT2D eigenvalue weighted by Crippen LogP contribution is 2.19. The summed E-state index contributed by atoms with van der Waals surface area (Å²) in [5, 5.41) is 0.730. The van der Waals surface area contributed by atoms with Crippen LogP contribution < -0.4 is 0 Å². The summed E-state index contributed by atoms with van der Waals surface area (Å²) in [6, 6.07) is 6.08. The van der Waals surface area contributed by atoms with Crippen LogP contribution in [-0.2, 0) is 16.8 Å². The summed E-state index contributed by atoms with van der Waals surface area (Å²) in [6.45, 7) is 3.84. The molecular formula is C14H20FN3O2S. The van der Waals surface area contributed by atoms with Crippen LogP contribution in [0.25, 0.3) is 10.9 Å². The zero-order valence-electron chi connectivity index (χ0n) is 12.6. The van der Waals surface area contributed by atoms with E-state index < -0.39 is 10.2 Å². The van der Waals surface area contributed by atoms with E-state index >= 15 is 0 Å². The summed E-state index contributed by atoms with van der Waals surface area (Å²) in [7, 11) is -0.429. The molecular weight excluding hydrogens is 293 g/mol. The van der Waals surface area contributed by atoms with Gasteiger partial charge in [0.2, 0.25) is 0 Å². The molecule has 21 heavy (non-hydrogen) atoms. The van der Waals surface area contributed by atoms with E-state index in [0.29, 0.717) is 0 Å². The zero-order valence-corrected chi connectivity index (χ0v) is 13.4. The van der Waals surface area contributed by atoms with Crippen molar-refractivity contribution in [3.63, 3.8) is 0 Å². The second-order valence-electron chi connectivity index (χ2n) is 5.40. The average molecular weight is 313 g/mol. The maximum absolute atomic E-state index is 13.2. The first-order valence-electron chi connectivity index (χ1n) is 6.68. The van der Waals surface area contributed by atoms with Gasteiger partial charge in [-0.3, -0.25) is 0 Å². The van der Waals surface area contributed by atoms with Crippen molar-refractivity contribution in [1.29, 1.82) is 0 Å². The Labute approximate surface area is 124 Å². The van der Waals surface area contributed by atoms with Crippen molar-refractivity contribution < 1.29 is 12.8 Å². The third-order valence-electron chi connectivity index (χ3n) is 3.52. The molecule has 0 unspecified atom stereocenters. The monoisotopic (exact) mass is 313 g/mol. The van der Waals surface area contributed by atoms with E-state index in [4.69, 9.17) is 0 Å². The van der Waals surface area contributed by atoms with Crippen molar-refractivity contribution in [3.8, 4) is 0 Å². The number of aromatic nitrogens is 1. The number of hydrogen-bond acceptors (Lipinski definition) is 2. The quantitative estimate of drug-likeness (QED) is 0.921. The van der Waals surface area contributed by atoms with Crippen LogP contribution in [0.1, 0.15) is 19.5 Å². The van der Waals surface area contributed by atoms with E-state index in [9.17, 15) is 12.8 Å². The second-order valence-corrected chi connectivity index (χ2v) is 7.49. The third kappa shape index (κ3) is 3.25. The average Bonchev–Trinajstić information content (AvgIpc) is 2.78. The lowest BCUT2D eigenvalue weighted by Crippen LogP contribution is -2.42. The lowest BCUT2D eigenvalue weighted by Gasteiger charge is -2.26. The molecule has 0 bridgehead atoms. The number of fused-ring (bicyclic) bond motifs is 1. The van der Waals surface area contributed by atoms with Gasteiger partial charge in [-0.2, -0.15) is 17.0 Å². The Bertz CT molecular complexity index is 740. The highest BCUT2D eigenvalue weighted by molar-refractivity contribution is 7.86. The standard InChI is InChI=1S/C14H20FN3O2S/c1-10(2)18(4)21(19,20)17(3)9-13-8-11-7-12(15)5-6-14(11)16-13/h5-8,10,16H,9H2,1-4H3. The normalized spacial score (nSPS) is 13.0. The molecule has 1 heterocycles. The fraction of sp³-hybridized carbons (Fsp3) is 0.429. The molecule has 0 saturated carbocycles. The summed E-state index contributed by atoms with van der Waals surface area (Å²) in [5.41, 5.74) is 1.51. The van der Waals surface area contributed by atoms with Crippen LogP contribution in [0.5, 0.6) is 0 Å². The summed E-state index contributed by atoms with van der Waals surface area (Å²) in [5.74, 6) is -0.312. The number of rotatable bonds is 5. The molecule has 0 atom stereocenters. The topological polar surface area (TPSA) is 56.4 Å². The molecule has 2 aromatic rings. The van der Waals surface area contributed by atoms with Crippen molar-refractivity contribution >= 4 is 21.1 Å². The molecule has 0 spiro atoms. The molecule has 7 heteroatoms. The van der Waals surface area contributed by atoms with Crippen LogP contribution in [0.15, 0.2) is 24.3 Å². The van der Waals surface area contributed by atoms with E-state index in [1.54, 1.807) is 19.2 Å². The van der Waals surface area contributed by atoms with Crippen LogP contribution in [0.3, 0.4) is 0 Å². The van der Waals surface area contributed by atoms with E-state index in [1.165, 1.54) is 27.8 Å². The van der Waals surface area contributed by atoms with Gasteiger partial charge in [0.05, 0.1) is 6.54 Å². The van der Waals surface area contributed by atoms with Crippen molar-refractivity contribution in [2.75, 3.05) is 14.1 Å². The lowest BCUT2D eigenvalue weighted by atomic mass is 10.2. The smallest absolute Gasteiger partial charge is 0.282 e. The number of benzene rings is 1. The van der Waals surface area contributed by atoms with Crippen LogP contribution in [0.2, 0.25) is 0 Å². The molecule has 0 saturated heterocycles. The molecule has 5 nitrogen and oxygen atoms in total. The Morgan fingerprint density at radius 1 is 1.24 bits per heavy atom. The van der Waals surface area contributed by atoms with Crippen LogP contribution >= 0.6 is 0 Å². The molecule has 1 N–H and O–H groups in total. The zero-order chi connectivity index (χ0) is 15.8. The van der Waals surface area contributed by atoms with Crippen LogP contribution in [0.4, 0.5) is 4.39 Å². The van der Waals surface area contributed by atoms with Gasteiger partial charge >= 0.3 is 0 Å². The minimum Gasteiger partial charge on any atom is -0.357 e. The molecule has 2 rings (SSSR count). The first-order chi connectivity index (χ1) is 9.71. The van der Waals surface area contributed by atoms with Gasteiger partial charge in [0.1, 0.15) is 5.82 Å². The second kappa shape index (κ2) is 5.75. The SMILES string of the molecule is CC(C)N(C)S(=O)(=O)N(C)Cc1cc2cc(F)ccc2[nH]1. The molecule has 0 amide bonds. The number of nitrogens with one attached hydrogen (secondary N) is 1. The van der Waals surface area contributed by atoms with E-state index in [1.807, 2.05) is 13.8 Å². The largest absolute Gasteiger partial charge is 0.357 e. The number of H-pyrrole nitrogens is 1. The fourth-order valence-corrected chi connectivity index (χ4v) is 3.33. The Morgan fingerprint density at radius 3 is 2.52 bits per heavy atom. The number of aromatic amines is 1. The molecule has 0 fully saturated rings. The van der Waals surface area contributed by atoms with Crippen molar-refractivity contribution in [2.24, 2.45) is 0 Å². The molecule has 0 aliphatic heterocycles. The van der Waals surface area contributed by atoms with Crippen molar-refractivity contribution in [3.05, 3.63) is 35.8 Å². The van der Waals surface area contributed by atoms with Gasteiger partial charge in [-0.15, -0.1) is 0 Å². The molecule has 0 radical (unpaired) electrons. The predicted octanol–water partition coefficient (Wildman–Crippen LogP) is 2.32. The molecule has 0 aliphatic rings. The van der Waals surface area contributed by atoms with Gasteiger partial charge in [-0.1, -0.05) is 0 Å². The first-order valence-corrected chi connectivity index (χ1v) is 8.08. The molecule has 116 valence electrons. The number of nitrogens with zero attached hydrogens (tertiary/aromatic N) is 2. The highest BCUT2D eigenvalue weighted by Gasteiger charge is 2.26. The minimum atomic E-state index is -3.51. The lowest BCUT2D eigenvalue weighted by molar-refractivity contribution is 0.354. The van der Waals surface area contributed by atoms with Crippen LogP contribution in [0, 0.1) is 5.82 Å². The molecule has 0 aliphatic carbocycles. The van der Waals surface area contributed by atoms with Gasteiger partial charge in [0, 0.05) is 36.7 Å². The Balaban J connectivity index is 2.23. The number of hydrogen-bond donors (Lipinski definition) is 1. The first kappa shape index (κ1) is 15.9. The van der Waals surface area contributed by atoms with Crippen molar-refractivity contribution in [2.45, 2.75) is 26.4 Å². The third-order valence-corrected chi connectivity index (χ3v) is 5.58. The maximum Gasteiger partial charge on any atom is 0.282 e. The van der Waals surface area contributed by atoms with E-state index in [-0.39, 0.29) is 18.4 Å². The van der Waals surface area contributed by atoms with Crippen LogP contribution in [-0.4, -0.2) is 42.1 Å². The van der Waals surface area contributed by atoms with Crippen molar-refractivity contribution in [1.82, 2.24) is 13.6 Å². The summed E-state index contributed by atoms with van der Waals surface area (Å²) >= 11 is 0. The Morgan fingerprint density at radius 2 is 1.90 bits per heavy atom. The fourth-order valence-electron chi connectivity index (χ4n) is 2.06. The van der Waals surface area contributed by atoms with Gasteiger partial charge in [0.15, 0.2) is 0 Å². The van der Waals surface area contributed by atoms with Gasteiger partial charge in [-0.05, 0) is 38.1 Å². The minimum absolute atomic E-state index is 0.116. The van der Waals surface area contributed by atoms with Gasteiger partial charge in [0.25, 0.3) is 10.2 Å². The maximum atomic E-state index is 13.2. The van der Waals surface area contributed by atoms with Gasteiger partial charge in [-0.25, -0.2) is 4.39 Å². The van der Waals surface area contributed by atoms with E-state index in [2.05, 4.69) is 4.98 Å². The van der Waals surface area contributed by atoms with Gasteiger partial charge < -0.3 is 4.98 Å². The predicted molar refractivity (Wildman–Crippen MR) is 81.5 cm³/mol. The number of halogens is 1. The summed E-state index contributed by atoms with van der Waals surface area (Å²) in [6.07, 6.45) is 0. The molecule has 1 aromatic heterocycles. The highest BCUT2D eigenvalue weighted by atomic mass is 32.2. The van der Waals surface area contributed by atoms with E-state index in [0.717, 1.165) is 16.6 Å². The summed E-state index contributed by atoms with van der Waals surface area (Å²) < 4.78 is 40.4.